The topological polar surface area (TPSA) is 95.2 Å². The first-order valence-corrected chi connectivity index (χ1v) is 10.9. The fourth-order valence-electron chi connectivity index (χ4n) is 3.79. The number of aliphatic imine (C=N–C) groups is 1. The Kier molecular flexibility index (Phi) is 9.78. The molecule has 2 atom stereocenters. The Morgan fingerprint density at radius 1 is 1.34 bits per heavy atom. The fourth-order valence-corrected chi connectivity index (χ4v) is 3.79. The van der Waals surface area contributed by atoms with Gasteiger partial charge in [0.25, 0.3) is 0 Å². The first-order chi connectivity index (χ1) is 14.8. The SMILES string of the molecule is CCNC(=NCc1ccnc(N2CCOC(C)C2)c1)NCC(C)(O)c1cc(C)oc1C.I. The maximum absolute atomic E-state index is 11.0. The number of ether oxygens (including phenoxy) is 1. The minimum atomic E-state index is -1.07. The van der Waals surface area contributed by atoms with Crippen molar-refractivity contribution < 1.29 is 14.3 Å². The Balaban J connectivity index is 0.00000363. The van der Waals surface area contributed by atoms with Gasteiger partial charge in [-0.25, -0.2) is 9.98 Å². The molecule has 8 nitrogen and oxygen atoms in total. The summed E-state index contributed by atoms with van der Waals surface area (Å²) in [6.45, 7) is 13.6. The number of pyridine rings is 1. The van der Waals surface area contributed by atoms with Crippen molar-refractivity contribution in [2.45, 2.75) is 52.9 Å². The van der Waals surface area contributed by atoms with E-state index in [-0.39, 0.29) is 30.1 Å². The van der Waals surface area contributed by atoms with Crippen molar-refractivity contribution in [3.63, 3.8) is 0 Å². The zero-order valence-electron chi connectivity index (χ0n) is 19.6. The lowest BCUT2D eigenvalue weighted by Gasteiger charge is -2.32. The number of aryl methyl sites for hydroxylation is 2. The van der Waals surface area contributed by atoms with Gasteiger partial charge < -0.3 is 29.8 Å². The van der Waals surface area contributed by atoms with Crippen molar-refractivity contribution in [1.29, 1.82) is 0 Å². The average Bonchev–Trinajstić information content (AvgIpc) is 3.09. The summed E-state index contributed by atoms with van der Waals surface area (Å²) in [5.41, 5.74) is 0.788. The molecule has 9 heteroatoms. The molecule has 3 heterocycles. The first-order valence-electron chi connectivity index (χ1n) is 10.9. The van der Waals surface area contributed by atoms with Gasteiger partial charge >= 0.3 is 0 Å². The van der Waals surface area contributed by atoms with Crippen LogP contribution in [0.15, 0.2) is 33.8 Å². The van der Waals surface area contributed by atoms with Crippen LogP contribution < -0.4 is 15.5 Å². The van der Waals surface area contributed by atoms with Crippen LogP contribution in [0.1, 0.15) is 43.4 Å². The second-order valence-electron chi connectivity index (χ2n) is 8.30. The van der Waals surface area contributed by atoms with Crippen molar-refractivity contribution in [3.8, 4) is 0 Å². The van der Waals surface area contributed by atoms with E-state index in [1.807, 2.05) is 39.1 Å². The number of hydrogen-bond acceptors (Lipinski definition) is 6. The van der Waals surface area contributed by atoms with Gasteiger partial charge in [-0.2, -0.15) is 0 Å². The van der Waals surface area contributed by atoms with Crippen LogP contribution in [0.2, 0.25) is 0 Å². The van der Waals surface area contributed by atoms with E-state index in [0.717, 1.165) is 54.7 Å². The highest BCUT2D eigenvalue weighted by molar-refractivity contribution is 14.0. The van der Waals surface area contributed by atoms with Crippen LogP contribution >= 0.6 is 24.0 Å². The molecule has 0 spiro atoms. The van der Waals surface area contributed by atoms with E-state index in [0.29, 0.717) is 19.0 Å². The van der Waals surface area contributed by atoms with Gasteiger partial charge in [0.15, 0.2) is 5.96 Å². The van der Waals surface area contributed by atoms with Crippen LogP contribution in [0.25, 0.3) is 0 Å². The predicted molar refractivity (Wildman–Crippen MR) is 138 cm³/mol. The standard InChI is InChI=1S/C23H35N5O3.HI/c1-6-24-22(27-15-23(5,29)20-11-16(2)31-18(20)4)26-13-19-7-8-25-21(12-19)28-9-10-30-17(3)14-28;/h7-8,11-12,17,29H,6,9-10,13-15H2,1-5H3,(H2,24,26,27);1H. The van der Waals surface area contributed by atoms with Crippen LogP contribution in [0.5, 0.6) is 0 Å². The summed E-state index contributed by atoms with van der Waals surface area (Å²) in [4.78, 5) is 11.5. The fraction of sp³-hybridized carbons (Fsp3) is 0.565. The van der Waals surface area contributed by atoms with Gasteiger partial charge in [-0.1, -0.05) is 0 Å². The number of hydrogen-bond donors (Lipinski definition) is 3. The normalized spacial score (nSPS) is 18.6. The Bertz CT molecular complexity index is 900. The number of aromatic nitrogens is 1. The molecule has 0 saturated carbocycles. The number of halogens is 1. The number of guanidine groups is 1. The largest absolute Gasteiger partial charge is 0.466 e. The third-order valence-electron chi connectivity index (χ3n) is 5.36. The van der Waals surface area contributed by atoms with E-state index in [4.69, 9.17) is 14.1 Å². The lowest BCUT2D eigenvalue weighted by Crippen LogP contribution is -2.44. The molecule has 3 rings (SSSR count). The predicted octanol–water partition coefficient (Wildman–Crippen LogP) is 3.10. The number of anilines is 1. The van der Waals surface area contributed by atoms with Crippen LogP contribution in [0.4, 0.5) is 5.82 Å². The van der Waals surface area contributed by atoms with Gasteiger partial charge in [-0.15, -0.1) is 24.0 Å². The average molecular weight is 557 g/mol. The van der Waals surface area contributed by atoms with Gasteiger partial charge in [0.05, 0.1) is 25.8 Å². The molecule has 0 radical (unpaired) electrons. The minimum Gasteiger partial charge on any atom is -0.466 e. The Labute approximate surface area is 207 Å². The summed E-state index contributed by atoms with van der Waals surface area (Å²) in [6, 6.07) is 5.94. The number of rotatable bonds is 7. The summed E-state index contributed by atoms with van der Waals surface area (Å²) in [6.07, 6.45) is 2.03. The van der Waals surface area contributed by atoms with Gasteiger partial charge in [-0.05, 0) is 58.4 Å². The van der Waals surface area contributed by atoms with Gasteiger partial charge in [0, 0.05) is 31.4 Å². The molecule has 0 aromatic carbocycles. The van der Waals surface area contributed by atoms with E-state index in [1.165, 1.54) is 0 Å². The third-order valence-corrected chi connectivity index (χ3v) is 5.36. The maximum atomic E-state index is 11.0. The highest BCUT2D eigenvalue weighted by Gasteiger charge is 2.28. The van der Waals surface area contributed by atoms with Crippen LogP contribution in [0, 0.1) is 13.8 Å². The molecule has 2 aromatic heterocycles. The number of nitrogens with zero attached hydrogens (tertiary/aromatic N) is 3. The molecule has 1 aliphatic heterocycles. The van der Waals surface area contributed by atoms with Crippen LogP contribution in [0.3, 0.4) is 0 Å². The van der Waals surface area contributed by atoms with Crippen molar-refractivity contribution in [2.24, 2.45) is 4.99 Å². The monoisotopic (exact) mass is 557 g/mol. The van der Waals surface area contributed by atoms with Crippen molar-refractivity contribution in [1.82, 2.24) is 15.6 Å². The van der Waals surface area contributed by atoms with E-state index < -0.39 is 5.60 Å². The zero-order chi connectivity index (χ0) is 22.4. The molecule has 2 aromatic rings. The minimum absolute atomic E-state index is 0. The molecule has 0 aliphatic carbocycles. The quantitative estimate of drug-likeness (QED) is 0.274. The number of furan rings is 1. The molecular weight excluding hydrogens is 521 g/mol. The third kappa shape index (κ3) is 7.08. The van der Waals surface area contributed by atoms with Gasteiger partial charge in [0.2, 0.25) is 0 Å². The van der Waals surface area contributed by atoms with Crippen molar-refractivity contribution >= 4 is 35.8 Å². The lowest BCUT2D eigenvalue weighted by atomic mass is 9.96. The number of aliphatic hydroxyl groups is 1. The molecule has 3 N–H and O–H groups in total. The summed E-state index contributed by atoms with van der Waals surface area (Å²) in [5.74, 6) is 3.12. The molecule has 32 heavy (non-hydrogen) atoms. The molecule has 178 valence electrons. The van der Waals surface area contributed by atoms with Crippen molar-refractivity contribution in [3.05, 3.63) is 47.0 Å². The first kappa shape index (κ1) is 26.4. The van der Waals surface area contributed by atoms with Gasteiger partial charge in [-0.3, -0.25) is 0 Å². The summed E-state index contributed by atoms with van der Waals surface area (Å²) in [7, 11) is 0. The van der Waals surface area contributed by atoms with E-state index in [9.17, 15) is 5.11 Å². The highest BCUT2D eigenvalue weighted by Crippen LogP contribution is 2.26. The smallest absolute Gasteiger partial charge is 0.191 e. The summed E-state index contributed by atoms with van der Waals surface area (Å²) in [5, 5.41) is 17.5. The zero-order valence-corrected chi connectivity index (χ0v) is 22.0. The number of nitrogens with one attached hydrogen (secondary N) is 2. The highest BCUT2D eigenvalue weighted by atomic mass is 127. The lowest BCUT2D eigenvalue weighted by molar-refractivity contribution is 0.0529. The molecule has 2 unspecified atom stereocenters. The van der Waals surface area contributed by atoms with E-state index >= 15 is 0 Å². The van der Waals surface area contributed by atoms with E-state index in [2.05, 4.69) is 33.5 Å². The molecule has 1 aliphatic rings. The van der Waals surface area contributed by atoms with Crippen molar-refractivity contribution in [2.75, 3.05) is 37.7 Å². The maximum Gasteiger partial charge on any atom is 0.191 e. The van der Waals surface area contributed by atoms with E-state index in [1.54, 1.807) is 6.92 Å². The Hall–Kier alpha value is -1.85. The molecule has 1 saturated heterocycles. The summed E-state index contributed by atoms with van der Waals surface area (Å²) < 4.78 is 11.2. The van der Waals surface area contributed by atoms with Crippen LogP contribution in [-0.4, -0.2) is 54.9 Å². The molecule has 0 amide bonds. The molecular formula is C23H36IN5O3. The Morgan fingerprint density at radius 2 is 2.12 bits per heavy atom. The Morgan fingerprint density at radius 3 is 2.78 bits per heavy atom. The van der Waals surface area contributed by atoms with Crippen LogP contribution in [-0.2, 0) is 16.9 Å². The second-order valence-corrected chi connectivity index (χ2v) is 8.30. The van der Waals surface area contributed by atoms with Gasteiger partial charge in [0.1, 0.15) is 22.9 Å². The molecule has 0 bridgehead atoms. The molecule has 1 fully saturated rings. The summed E-state index contributed by atoms with van der Waals surface area (Å²) >= 11 is 0. The second kappa shape index (κ2) is 11.9. The number of morpholine rings is 1.